The maximum absolute atomic E-state index is 8.20. The summed E-state index contributed by atoms with van der Waals surface area (Å²) in [6, 6.07) is 0. The summed E-state index contributed by atoms with van der Waals surface area (Å²) in [4.78, 5) is 0. The van der Waals surface area contributed by atoms with E-state index in [0.29, 0.717) is 6.54 Å². The second-order valence-corrected chi connectivity index (χ2v) is 2.83. The molecule has 0 aliphatic rings. The summed E-state index contributed by atoms with van der Waals surface area (Å²) < 4.78 is 0. The summed E-state index contributed by atoms with van der Waals surface area (Å²) in [6.45, 7) is 3.60. The van der Waals surface area contributed by atoms with Crippen molar-refractivity contribution in [3.8, 4) is 0 Å². The minimum Gasteiger partial charge on any atom is -0.409 e. The Kier molecular flexibility index (Phi) is 7.79. The second-order valence-electron chi connectivity index (χ2n) is 2.83. The molecule has 0 aromatic carbocycles. The number of amidine groups is 1. The van der Waals surface area contributed by atoms with Crippen molar-refractivity contribution in [1.29, 1.82) is 0 Å². The van der Waals surface area contributed by atoms with Crippen molar-refractivity contribution in [3.05, 3.63) is 0 Å². The Bertz CT molecular complexity index is 125. The fourth-order valence-electron chi connectivity index (χ4n) is 0.929. The van der Waals surface area contributed by atoms with Gasteiger partial charge in [0.25, 0.3) is 0 Å². The van der Waals surface area contributed by atoms with Gasteiger partial charge in [-0.3, -0.25) is 0 Å². The monoisotopic (exact) mass is 173 g/mol. The van der Waals surface area contributed by atoms with Crippen LogP contribution in [0.25, 0.3) is 0 Å². The summed E-state index contributed by atoms with van der Waals surface area (Å²) in [5.74, 6) is 0.241. The molecule has 4 N–H and O–H groups in total. The first-order valence-electron chi connectivity index (χ1n) is 4.48. The molecule has 0 saturated heterocycles. The lowest BCUT2D eigenvalue weighted by atomic mass is 10.2. The molecule has 0 unspecified atom stereocenters. The SMILES string of the molecule is CCCCCCNCC(N)=NO. The van der Waals surface area contributed by atoms with Crippen LogP contribution >= 0.6 is 0 Å². The zero-order chi connectivity index (χ0) is 9.23. The number of oxime groups is 1. The Balaban J connectivity index is 3.00. The number of nitrogens with zero attached hydrogens (tertiary/aromatic N) is 1. The Morgan fingerprint density at radius 1 is 1.42 bits per heavy atom. The van der Waals surface area contributed by atoms with E-state index in [1.807, 2.05) is 0 Å². The molecule has 0 radical (unpaired) electrons. The summed E-state index contributed by atoms with van der Waals surface area (Å²) in [5.41, 5.74) is 5.25. The quantitative estimate of drug-likeness (QED) is 0.176. The number of hydrogen-bond donors (Lipinski definition) is 3. The highest BCUT2D eigenvalue weighted by atomic mass is 16.4. The lowest BCUT2D eigenvalue weighted by Gasteiger charge is -2.02. The number of nitrogens with one attached hydrogen (secondary N) is 1. The Labute approximate surface area is 73.8 Å². The Morgan fingerprint density at radius 2 is 2.17 bits per heavy atom. The van der Waals surface area contributed by atoms with Crippen LogP contribution < -0.4 is 11.1 Å². The molecule has 0 aromatic heterocycles. The van der Waals surface area contributed by atoms with Crippen molar-refractivity contribution < 1.29 is 5.21 Å². The number of hydrogen-bond acceptors (Lipinski definition) is 3. The Hall–Kier alpha value is -0.770. The number of rotatable bonds is 7. The van der Waals surface area contributed by atoms with Gasteiger partial charge in [-0.1, -0.05) is 31.3 Å². The van der Waals surface area contributed by atoms with Crippen molar-refractivity contribution in [2.24, 2.45) is 10.9 Å². The van der Waals surface area contributed by atoms with Crippen molar-refractivity contribution in [1.82, 2.24) is 5.32 Å². The predicted molar refractivity (Wildman–Crippen MR) is 50.4 cm³/mol. The van der Waals surface area contributed by atoms with E-state index in [9.17, 15) is 0 Å². The fraction of sp³-hybridized carbons (Fsp3) is 0.875. The fourth-order valence-corrected chi connectivity index (χ4v) is 0.929. The van der Waals surface area contributed by atoms with Gasteiger partial charge in [0, 0.05) is 0 Å². The molecule has 0 amide bonds. The van der Waals surface area contributed by atoms with Gasteiger partial charge in [0.05, 0.1) is 6.54 Å². The van der Waals surface area contributed by atoms with Crippen LogP contribution in [0, 0.1) is 0 Å². The van der Waals surface area contributed by atoms with E-state index in [1.54, 1.807) is 0 Å². The van der Waals surface area contributed by atoms with Crippen LogP contribution in [0.3, 0.4) is 0 Å². The van der Waals surface area contributed by atoms with Crippen LogP contribution in [-0.2, 0) is 0 Å². The van der Waals surface area contributed by atoms with Gasteiger partial charge < -0.3 is 16.3 Å². The van der Waals surface area contributed by atoms with E-state index >= 15 is 0 Å². The predicted octanol–water partition coefficient (Wildman–Crippen LogP) is 0.903. The lowest BCUT2D eigenvalue weighted by molar-refractivity contribution is 0.317. The molecular weight excluding hydrogens is 154 g/mol. The molecule has 0 saturated carbocycles. The number of unbranched alkanes of at least 4 members (excludes halogenated alkanes) is 3. The first-order valence-corrected chi connectivity index (χ1v) is 4.48. The molecule has 0 aliphatic heterocycles. The van der Waals surface area contributed by atoms with E-state index < -0.39 is 0 Å². The minimum atomic E-state index is 0.241. The first-order chi connectivity index (χ1) is 5.81. The molecule has 4 heteroatoms. The topological polar surface area (TPSA) is 70.6 Å². The van der Waals surface area contributed by atoms with E-state index in [1.165, 1.54) is 19.3 Å². The van der Waals surface area contributed by atoms with Crippen molar-refractivity contribution in [2.45, 2.75) is 32.6 Å². The van der Waals surface area contributed by atoms with Crippen LogP contribution in [0.4, 0.5) is 0 Å². The van der Waals surface area contributed by atoms with E-state index in [4.69, 9.17) is 10.9 Å². The third-order valence-electron chi connectivity index (χ3n) is 1.64. The molecule has 12 heavy (non-hydrogen) atoms. The summed E-state index contributed by atoms with van der Waals surface area (Å²) in [6.07, 6.45) is 4.94. The summed E-state index contributed by atoms with van der Waals surface area (Å²) >= 11 is 0. The molecule has 72 valence electrons. The van der Waals surface area contributed by atoms with Gasteiger partial charge in [0.15, 0.2) is 5.84 Å². The normalized spacial score (nSPS) is 11.9. The maximum Gasteiger partial charge on any atom is 0.153 e. The zero-order valence-corrected chi connectivity index (χ0v) is 7.71. The summed E-state index contributed by atoms with van der Waals surface area (Å²) in [5, 5.41) is 14.1. The molecule has 0 spiro atoms. The molecular formula is C8H19N3O. The third-order valence-corrected chi connectivity index (χ3v) is 1.64. The molecule has 4 nitrogen and oxygen atoms in total. The smallest absolute Gasteiger partial charge is 0.153 e. The highest BCUT2D eigenvalue weighted by Crippen LogP contribution is 1.96. The molecule has 0 fully saturated rings. The molecule has 0 heterocycles. The lowest BCUT2D eigenvalue weighted by Crippen LogP contribution is -2.29. The average molecular weight is 173 g/mol. The van der Waals surface area contributed by atoms with Crippen LogP contribution in [-0.4, -0.2) is 24.1 Å². The zero-order valence-electron chi connectivity index (χ0n) is 7.71. The third kappa shape index (κ3) is 7.34. The minimum absolute atomic E-state index is 0.241. The van der Waals surface area contributed by atoms with Crippen LogP contribution in [0.5, 0.6) is 0 Å². The standard InChI is InChI=1S/C8H19N3O/c1-2-3-4-5-6-10-7-8(9)11-12/h10,12H,2-7H2,1H3,(H2,9,11). The van der Waals surface area contributed by atoms with E-state index in [2.05, 4.69) is 17.4 Å². The Morgan fingerprint density at radius 3 is 2.75 bits per heavy atom. The molecule has 0 atom stereocenters. The van der Waals surface area contributed by atoms with Crippen molar-refractivity contribution >= 4 is 5.84 Å². The number of nitrogens with two attached hydrogens (primary N) is 1. The average Bonchev–Trinajstić information content (AvgIpc) is 2.10. The van der Waals surface area contributed by atoms with Crippen molar-refractivity contribution in [3.63, 3.8) is 0 Å². The molecule has 0 aliphatic carbocycles. The van der Waals surface area contributed by atoms with Gasteiger partial charge >= 0.3 is 0 Å². The molecule has 0 bridgehead atoms. The van der Waals surface area contributed by atoms with Gasteiger partial charge in [-0.05, 0) is 13.0 Å². The van der Waals surface area contributed by atoms with Crippen LogP contribution in [0.15, 0.2) is 5.16 Å². The highest BCUT2D eigenvalue weighted by molar-refractivity contribution is 5.81. The van der Waals surface area contributed by atoms with Gasteiger partial charge in [-0.25, -0.2) is 0 Å². The summed E-state index contributed by atoms with van der Waals surface area (Å²) in [7, 11) is 0. The second kappa shape index (κ2) is 8.33. The van der Waals surface area contributed by atoms with Crippen LogP contribution in [0.2, 0.25) is 0 Å². The molecule has 0 aromatic rings. The van der Waals surface area contributed by atoms with Crippen LogP contribution in [0.1, 0.15) is 32.6 Å². The maximum atomic E-state index is 8.20. The van der Waals surface area contributed by atoms with E-state index in [0.717, 1.165) is 13.0 Å². The van der Waals surface area contributed by atoms with Gasteiger partial charge in [0.1, 0.15) is 0 Å². The highest BCUT2D eigenvalue weighted by Gasteiger charge is 1.91. The first kappa shape index (κ1) is 11.2. The van der Waals surface area contributed by atoms with Gasteiger partial charge in [-0.15, -0.1) is 0 Å². The largest absolute Gasteiger partial charge is 0.409 e. The van der Waals surface area contributed by atoms with Gasteiger partial charge in [-0.2, -0.15) is 0 Å². The van der Waals surface area contributed by atoms with Crippen molar-refractivity contribution in [2.75, 3.05) is 13.1 Å². The van der Waals surface area contributed by atoms with Gasteiger partial charge in [0.2, 0.25) is 0 Å². The van der Waals surface area contributed by atoms with E-state index in [-0.39, 0.29) is 5.84 Å². The molecule has 0 rings (SSSR count).